The van der Waals surface area contributed by atoms with E-state index in [4.69, 9.17) is 4.74 Å². The number of carbonyl (C=O) groups excluding carboxylic acids is 2. The standard InChI is InChI=1S/C17H15F2N3O5/c1-9(16(23)21-15-7-10(18)3-5-13(15)19)27-17(24)12-8-11(22(25)26)4-6-14(12)20-2/h3-9,20H,1-2H3,(H,21,23). The molecule has 2 aromatic rings. The number of ether oxygens (including phenoxy) is 1. The van der Waals surface area contributed by atoms with E-state index in [0.717, 1.165) is 24.3 Å². The first-order chi connectivity index (χ1) is 12.7. The Morgan fingerprint density at radius 3 is 2.48 bits per heavy atom. The second-order valence-electron chi connectivity index (χ2n) is 5.40. The van der Waals surface area contributed by atoms with Crippen molar-refractivity contribution in [1.29, 1.82) is 0 Å². The second-order valence-corrected chi connectivity index (χ2v) is 5.40. The topological polar surface area (TPSA) is 111 Å². The van der Waals surface area contributed by atoms with Gasteiger partial charge in [0.25, 0.3) is 11.6 Å². The molecule has 1 atom stereocenters. The zero-order valence-corrected chi connectivity index (χ0v) is 14.3. The number of nitro groups is 1. The van der Waals surface area contributed by atoms with Crippen LogP contribution in [0.15, 0.2) is 36.4 Å². The second kappa shape index (κ2) is 8.21. The van der Waals surface area contributed by atoms with E-state index in [1.807, 2.05) is 0 Å². The summed E-state index contributed by atoms with van der Waals surface area (Å²) in [7, 11) is 1.50. The molecule has 2 aromatic carbocycles. The van der Waals surface area contributed by atoms with E-state index in [9.17, 15) is 28.5 Å². The molecule has 0 saturated heterocycles. The molecule has 0 aromatic heterocycles. The fraction of sp³-hybridized carbons (Fsp3) is 0.176. The number of benzene rings is 2. The van der Waals surface area contributed by atoms with Gasteiger partial charge in [-0.15, -0.1) is 0 Å². The molecule has 0 aliphatic rings. The SMILES string of the molecule is CNc1ccc([N+](=O)[O-])cc1C(=O)OC(C)C(=O)Nc1cc(F)ccc1F. The Hall–Kier alpha value is -3.56. The van der Waals surface area contributed by atoms with E-state index < -0.39 is 40.2 Å². The summed E-state index contributed by atoms with van der Waals surface area (Å²) in [6.45, 7) is 1.22. The fourth-order valence-corrected chi connectivity index (χ4v) is 2.14. The van der Waals surface area contributed by atoms with Crippen LogP contribution in [0.4, 0.5) is 25.8 Å². The monoisotopic (exact) mass is 379 g/mol. The molecule has 0 spiro atoms. The summed E-state index contributed by atoms with van der Waals surface area (Å²) in [5, 5.41) is 15.7. The third-order valence-corrected chi connectivity index (χ3v) is 3.54. The van der Waals surface area contributed by atoms with Crippen molar-refractivity contribution in [3.8, 4) is 0 Å². The third kappa shape index (κ3) is 4.75. The minimum atomic E-state index is -1.37. The van der Waals surface area contributed by atoms with Gasteiger partial charge in [-0.3, -0.25) is 14.9 Å². The average molecular weight is 379 g/mol. The minimum Gasteiger partial charge on any atom is -0.449 e. The van der Waals surface area contributed by atoms with E-state index in [1.54, 1.807) is 0 Å². The van der Waals surface area contributed by atoms with Crippen molar-refractivity contribution in [3.63, 3.8) is 0 Å². The Labute approximate surface area is 152 Å². The predicted molar refractivity (Wildman–Crippen MR) is 92.5 cm³/mol. The highest BCUT2D eigenvalue weighted by molar-refractivity contribution is 6.00. The molecule has 2 N–H and O–H groups in total. The van der Waals surface area contributed by atoms with Gasteiger partial charge >= 0.3 is 5.97 Å². The molecule has 10 heteroatoms. The van der Waals surface area contributed by atoms with E-state index in [2.05, 4.69) is 10.6 Å². The summed E-state index contributed by atoms with van der Waals surface area (Å²) < 4.78 is 31.7. The number of nitrogens with one attached hydrogen (secondary N) is 2. The number of hydrogen-bond donors (Lipinski definition) is 2. The minimum absolute atomic E-state index is 0.150. The fourth-order valence-electron chi connectivity index (χ4n) is 2.14. The van der Waals surface area contributed by atoms with Crippen LogP contribution in [0.2, 0.25) is 0 Å². The van der Waals surface area contributed by atoms with Crippen molar-refractivity contribution in [2.24, 2.45) is 0 Å². The van der Waals surface area contributed by atoms with Crippen LogP contribution in [0, 0.1) is 21.7 Å². The molecule has 0 bridgehead atoms. The molecular weight excluding hydrogens is 364 g/mol. The summed E-state index contributed by atoms with van der Waals surface area (Å²) in [6.07, 6.45) is -1.37. The number of rotatable bonds is 6. The number of carbonyl (C=O) groups is 2. The van der Waals surface area contributed by atoms with Crippen molar-refractivity contribution in [2.75, 3.05) is 17.7 Å². The molecule has 1 unspecified atom stereocenters. The molecule has 0 aliphatic carbocycles. The number of esters is 1. The molecule has 142 valence electrons. The summed E-state index contributed by atoms with van der Waals surface area (Å²) in [5.74, 6) is -3.51. The van der Waals surface area contributed by atoms with Crippen molar-refractivity contribution in [3.05, 3.63) is 63.7 Å². The third-order valence-electron chi connectivity index (χ3n) is 3.54. The summed E-state index contributed by atoms with van der Waals surface area (Å²) >= 11 is 0. The average Bonchev–Trinajstić information content (AvgIpc) is 2.63. The number of hydrogen-bond acceptors (Lipinski definition) is 6. The predicted octanol–water partition coefficient (Wildman–Crippen LogP) is 3.10. The van der Waals surface area contributed by atoms with Gasteiger partial charge < -0.3 is 15.4 Å². The molecule has 0 fully saturated rings. The number of halogens is 2. The normalized spacial score (nSPS) is 11.4. The van der Waals surface area contributed by atoms with Crippen LogP contribution in [0.5, 0.6) is 0 Å². The lowest BCUT2D eigenvalue weighted by atomic mass is 10.1. The number of nitro benzene ring substituents is 1. The van der Waals surface area contributed by atoms with Crippen molar-refractivity contribution in [2.45, 2.75) is 13.0 Å². The Bertz CT molecular complexity index is 904. The van der Waals surface area contributed by atoms with Crippen LogP contribution < -0.4 is 10.6 Å². The lowest BCUT2D eigenvalue weighted by Gasteiger charge is -2.15. The van der Waals surface area contributed by atoms with E-state index in [1.165, 1.54) is 26.1 Å². The van der Waals surface area contributed by atoms with Crippen molar-refractivity contribution >= 4 is 28.9 Å². The van der Waals surface area contributed by atoms with Gasteiger partial charge in [-0.25, -0.2) is 13.6 Å². The van der Waals surface area contributed by atoms with Crippen LogP contribution in [0.3, 0.4) is 0 Å². The van der Waals surface area contributed by atoms with Crippen molar-refractivity contribution < 1.29 is 28.0 Å². The van der Waals surface area contributed by atoms with Gasteiger partial charge in [0.05, 0.1) is 16.2 Å². The van der Waals surface area contributed by atoms with Gasteiger partial charge in [-0.2, -0.15) is 0 Å². The Balaban J connectivity index is 2.15. The summed E-state index contributed by atoms with van der Waals surface area (Å²) in [6, 6.07) is 6.03. The van der Waals surface area contributed by atoms with Crippen LogP contribution >= 0.6 is 0 Å². The first kappa shape index (κ1) is 19.8. The number of amides is 1. The first-order valence-corrected chi connectivity index (χ1v) is 7.66. The van der Waals surface area contributed by atoms with Gasteiger partial charge in [0.1, 0.15) is 11.6 Å². The van der Waals surface area contributed by atoms with Gasteiger partial charge in [0, 0.05) is 30.9 Å². The van der Waals surface area contributed by atoms with Crippen LogP contribution in [-0.2, 0) is 9.53 Å². The van der Waals surface area contributed by atoms with E-state index in [0.29, 0.717) is 0 Å². The van der Waals surface area contributed by atoms with Gasteiger partial charge in [0.2, 0.25) is 0 Å². The van der Waals surface area contributed by atoms with Gasteiger partial charge in [-0.1, -0.05) is 0 Å². The van der Waals surface area contributed by atoms with Crippen LogP contribution in [0.1, 0.15) is 17.3 Å². The zero-order valence-electron chi connectivity index (χ0n) is 14.3. The Morgan fingerprint density at radius 2 is 1.85 bits per heavy atom. The molecule has 8 nitrogen and oxygen atoms in total. The molecule has 0 radical (unpaired) electrons. The highest BCUT2D eigenvalue weighted by Crippen LogP contribution is 2.23. The van der Waals surface area contributed by atoms with Crippen LogP contribution in [-0.4, -0.2) is 30.0 Å². The summed E-state index contributed by atoms with van der Waals surface area (Å²) in [5.41, 5.74) is -0.633. The molecule has 0 heterocycles. The lowest BCUT2D eigenvalue weighted by Crippen LogP contribution is -2.30. The molecule has 0 aliphatic heterocycles. The van der Waals surface area contributed by atoms with Crippen LogP contribution in [0.25, 0.3) is 0 Å². The highest BCUT2D eigenvalue weighted by atomic mass is 19.1. The molecule has 2 rings (SSSR count). The number of non-ortho nitro benzene ring substituents is 1. The Kier molecular flexibility index (Phi) is 6.01. The molecule has 1 amide bonds. The molecular formula is C17H15F2N3O5. The quantitative estimate of drug-likeness (QED) is 0.453. The largest absolute Gasteiger partial charge is 0.449 e. The zero-order chi connectivity index (χ0) is 20.1. The maximum absolute atomic E-state index is 13.6. The van der Waals surface area contributed by atoms with Gasteiger partial charge in [0.15, 0.2) is 6.10 Å². The maximum atomic E-state index is 13.6. The smallest absolute Gasteiger partial charge is 0.341 e. The Morgan fingerprint density at radius 1 is 1.15 bits per heavy atom. The summed E-state index contributed by atoms with van der Waals surface area (Å²) in [4.78, 5) is 34.5. The number of anilines is 2. The lowest BCUT2D eigenvalue weighted by molar-refractivity contribution is -0.384. The number of nitrogens with zero attached hydrogens (tertiary/aromatic N) is 1. The molecule has 27 heavy (non-hydrogen) atoms. The van der Waals surface area contributed by atoms with Gasteiger partial charge in [-0.05, 0) is 25.1 Å². The van der Waals surface area contributed by atoms with E-state index >= 15 is 0 Å². The maximum Gasteiger partial charge on any atom is 0.341 e. The van der Waals surface area contributed by atoms with E-state index in [-0.39, 0.29) is 16.9 Å². The molecule has 0 saturated carbocycles. The van der Waals surface area contributed by atoms with Crippen molar-refractivity contribution in [1.82, 2.24) is 0 Å². The highest BCUT2D eigenvalue weighted by Gasteiger charge is 2.23. The first-order valence-electron chi connectivity index (χ1n) is 7.66.